The molecule has 1 heterocycles. The molecule has 0 saturated heterocycles. The van der Waals surface area contributed by atoms with Crippen molar-refractivity contribution in [1.82, 2.24) is 9.88 Å². The number of pyridine rings is 1. The highest BCUT2D eigenvalue weighted by molar-refractivity contribution is 5.93. The summed E-state index contributed by atoms with van der Waals surface area (Å²) in [4.78, 5) is 23.5. The lowest BCUT2D eigenvalue weighted by atomic mass is 10.1. The Bertz CT molecular complexity index is 917. The number of hydrogen-bond acceptors (Lipinski definition) is 3. The Morgan fingerprint density at radius 3 is 2.83 bits per heavy atom. The second-order valence-corrected chi connectivity index (χ2v) is 5.50. The SMILES string of the molecule is CNCC#Cc1cc2c(cc1F)c(=O)c(C(=O)O)cn2C1CC1. The molecular weight excluding hydrogens is 299 g/mol. The molecule has 0 bridgehead atoms. The summed E-state index contributed by atoms with van der Waals surface area (Å²) in [5.74, 6) is 3.59. The van der Waals surface area contributed by atoms with Crippen molar-refractivity contribution in [3.05, 3.63) is 45.5 Å². The van der Waals surface area contributed by atoms with E-state index in [-0.39, 0.29) is 22.6 Å². The number of halogens is 1. The molecule has 0 aliphatic heterocycles. The van der Waals surface area contributed by atoms with Crippen LogP contribution < -0.4 is 10.7 Å². The second-order valence-electron chi connectivity index (χ2n) is 5.50. The molecule has 23 heavy (non-hydrogen) atoms. The molecule has 0 radical (unpaired) electrons. The number of rotatable bonds is 3. The molecule has 3 rings (SSSR count). The molecule has 1 aromatic heterocycles. The lowest BCUT2D eigenvalue weighted by Crippen LogP contribution is -2.19. The molecule has 6 heteroatoms. The van der Waals surface area contributed by atoms with Crippen LogP contribution in [0.5, 0.6) is 0 Å². The number of nitrogens with zero attached hydrogens (tertiary/aromatic N) is 1. The van der Waals surface area contributed by atoms with Crippen molar-refractivity contribution in [2.75, 3.05) is 13.6 Å². The monoisotopic (exact) mass is 314 g/mol. The van der Waals surface area contributed by atoms with Gasteiger partial charge in [0.15, 0.2) is 0 Å². The van der Waals surface area contributed by atoms with Crippen LogP contribution in [0.4, 0.5) is 4.39 Å². The number of aromatic carboxylic acids is 1. The lowest BCUT2D eigenvalue weighted by molar-refractivity contribution is 0.0695. The molecule has 0 spiro atoms. The summed E-state index contributed by atoms with van der Waals surface area (Å²) >= 11 is 0. The van der Waals surface area contributed by atoms with Crippen LogP contribution in [0.25, 0.3) is 10.9 Å². The summed E-state index contributed by atoms with van der Waals surface area (Å²) in [6.07, 6.45) is 3.18. The number of carboxylic acids is 1. The summed E-state index contributed by atoms with van der Waals surface area (Å²) in [6, 6.07) is 2.77. The summed E-state index contributed by atoms with van der Waals surface area (Å²) in [7, 11) is 1.74. The molecule has 0 unspecified atom stereocenters. The van der Waals surface area contributed by atoms with Gasteiger partial charge in [-0.05, 0) is 32.0 Å². The van der Waals surface area contributed by atoms with Crippen LogP contribution in [0, 0.1) is 17.7 Å². The van der Waals surface area contributed by atoms with Crippen molar-refractivity contribution < 1.29 is 14.3 Å². The Morgan fingerprint density at radius 1 is 1.48 bits per heavy atom. The van der Waals surface area contributed by atoms with Crippen molar-refractivity contribution in [3.8, 4) is 11.8 Å². The Morgan fingerprint density at radius 2 is 2.22 bits per heavy atom. The number of nitrogens with one attached hydrogen (secondary N) is 1. The number of carbonyl (C=O) groups is 1. The molecule has 118 valence electrons. The van der Waals surface area contributed by atoms with Crippen LogP contribution in [0.2, 0.25) is 0 Å². The van der Waals surface area contributed by atoms with Crippen LogP contribution in [-0.2, 0) is 0 Å². The number of benzene rings is 1. The van der Waals surface area contributed by atoms with Crippen LogP contribution in [0.1, 0.15) is 34.8 Å². The van der Waals surface area contributed by atoms with Crippen molar-refractivity contribution >= 4 is 16.9 Å². The summed E-state index contributed by atoms with van der Waals surface area (Å²) in [6.45, 7) is 0.421. The van der Waals surface area contributed by atoms with Gasteiger partial charge in [0, 0.05) is 17.6 Å². The Balaban J connectivity index is 2.28. The van der Waals surface area contributed by atoms with Crippen LogP contribution in [0.15, 0.2) is 23.1 Å². The van der Waals surface area contributed by atoms with Crippen molar-refractivity contribution in [2.24, 2.45) is 0 Å². The van der Waals surface area contributed by atoms with Crippen molar-refractivity contribution in [1.29, 1.82) is 0 Å². The summed E-state index contributed by atoms with van der Waals surface area (Å²) in [5.41, 5.74) is -0.280. The average Bonchev–Trinajstić information content (AvgIpc) is 3.33. The van der Waals surface area contributed by atoms with Crippen molar-refractivity contribution in [3.63, 3.8) is 0 Å². The quantitative estimate of drug-likeness (QED) is 0.847. The first kappa shape index (κ1) is 15.3. The van der Waals surface area contributed by atoms with Crippen LogP contribution >= 0.6 is 0 Å². The average molecular weight is 314 g/mol. The molecular formula is C17H15FN2O3. The fourth-order valence-electron chi connectivity index (χ4n) is 2.50. The van der Waals surface area contributed by atoms with E-state index in [9.17, 15) is 19.1 Å². The Hall–Kier alpha value is -2.65. The van der Waals surface area contributed by atoms with E-state index >= 15 is 0 Å². The van der Waals surface area contributed by atoms with Gasteiger partial charge in [-0.15, -0.1) is 0 Å². The molecule has 0 amide bonds. The van der Waals surface area contributed by atoms with Gasteiger partial charge in [-0.1, -0.05) is 11.8 Å². The van der Waals surface area contributed by atoms with Gasteiger partial charge in [-0.3, -0.25) is 4.79 Å². The highest BCUT2D eigenvalue weighted by atomic mass is 19.1. The van der Waals surface area contributed by atoms with Gasteiger partial charge >= 0.3 is 5.97 Å². The maximum Gasteiger partial charge on any atom is 0.341 e. The molecule has 1 aromatic carbocycles. The molecule has 1 saturated carbocycles. The second kappa shape index (κ2) is 5.86. The minimum Gasteiger partial charge on any atom is -0.477 e. The minimum atomic E-state index is -1.30. The standard InChI is InChI=1S/C17H15FN2O3/c1-19-6-2-3-10-7-15-12(8-14(10)18)16(21)13(17(22)23)9-20(15)11-4-5-11/h7-9,11,19H,4-6H2,1H3,(H,22,23). The molecule has 1 aliphatic carbocycles. The largest absolute Gasteiger partial charge is 0.477 e. The third-order valence-corrected chi connectivity index (χ3v) is 3.78. The fraction of sp³-hybridized carbons (Fsp3) is 0.294. The smallest absolute Gasteiger partial charge is 0.341 e. The number of aromatic nitrogens is 1. The Kier molecular flexibility index (Phi) is 3.89. The zero-order valence-corrected chi connectivity index (χ0v) is 12.5. The normalized spacial score (nSPS) is 13.7. The lowest BCUT2D eigenvalue weighted by Gasteiger charge is -2.12. The number of fused-ring (bicyclic) bond motifs is 1. The fourth-order valence-corrected chi connectivity index (χ4v) is 2.50. The third kappa shape index (κ3) is 2.83. The van der Waals surface area contributed by atoms with Gasteiger partial charge in [-0.25, -0.2) is 9.18 Å². The zero-order valence-electron chi connectivity index (χ0n) is 12.5. The van der Waals surface area contributed by atoms with Gasteiger partial charge in [0.25, 0.3) is 0 Å². The van der Waals surface area contributed by atoms with Gasteiger partial charge in [-0.2, -0.15) is 0 Å². The van der Waals surface area contributed by atoms with E-state index in [1.165, 1.54) is 12.3 Å². The zero-order chi connectivity index (χ0) is 16.6. The van der Waals surface area contributed by atoms with E-state index in [4.69, 9.17) is 0 Å². The molecule has 2 N–H and O–H groups in total. The van der Waals surface area contributed by atoms with E-state index in [2.05, 4.69) is 17.2 Å². The van der Waals surface area contributed by atoms with Gasteiger partial charge < -0.3 is 15.0 Å². The summed E-state index contributed by atoms with van der Waals surface area (Å²) < 4.78 is 15.9. The molecule has 1 fully saturated rings. The van der Waals surface area contributed by atoms with Gasteiger partial charge in [0.1, 0.15) is 11.4 Å². The highest BCUT2D eigenvalue weighted by Crippen LogP contribution is 2.37. The van der Waals surface area contributed by atoms with E-state index in [1.54, 1.807) is 11.6 Å². The van der Waals surface area contributed by atoms with E-state index < -0.39 is 17.2 Å². The van der Waals surface area contributed by atoms with Gasteiger partial charge in [0.2, 0.25) is 5.43 Å². The Labute approximate surface area is 131 Å². The molecule has 1 aliphatic rings. The van der Waals surface area contributed by atoms with Crippen LogP contribution in [0.3, 0.4) is 0 Å². The first-order valence-corrected chi connectivity index (χ1v) is 7.28. The van der Waals surface area contributed by atoms with E-state index in [1.807, 2.05) is 0 Å². The van der Waals surface area contributed by atoms with Crippen LogP contribution in [-0.4, -0.2) is 29.2 Å². The molecule has 2 aromatic rings. The predicted octanol–water partition coefficient (Wildman–Crippen LogP) is 1.74. The maximum atomic E-state index is 14.2. The first-order chi connectivity index (χ1) is 11.0. The molecule has 0 atom stereocenters. The predicted molar refractivity (Wildman–Crippen MR) is 84.2 cm³/mol. The number of carboxylic acid groups (broad SMARTS) is 1. The van der Waals surface area contributed by atoms with E-state index in [0.717, 1.165) is 18.9 Å². The molecule has 5 nitrogen and oxygen atoms in total. The van der Waals surface area contributed by atoms with E-state index in [0.29, 0.717) is 12.1 Å². The maximum absolute atomic E-state index is 14.2. The third-order valence-electron chi connectivity index (χ3n) is 3.78. The number of hydrogen-bond donors (Lipinski definition) is 2. The minimum absolute atomic E-state index is 0.0773. The van der Waals surface area contributed by atoms with Gasteiger partial charge in [0.05, 0.1) is 17.6 Å². The summed E-state index contributed by atoms with van der Waals surface area (Å²) in [5, 5.41) is 12.1. The first-order valence-electron chi connectivity index (χ1n) is 7.28. The highest BCUT2D eigenvalue weighted by Gasteiger charge is 2.27. The van der Waals surface area contributed by atoms with Crippen molar-refractivity contribution in [2.45, 2.75) is 18.9 Å². The topological polar surface area (TPSA) is 71.3 Å².